The number of carbonyl (C=O) groups is 3. The predicted molar refractivity (Wildman–Crippen MR) is 106 cm³/mol. The molecule has 2 aromatic carbocycles. The van der Waals surface area contributed by atoms with Crippen LogP contribution in [0.4, 0.5) is 26.7 Å². The van der Waals surface area contributed by atoms with E-state index in [1.165, 1.54) is 0 Å². The number of nitrogens with two attached hydrogens (primary N) is 1. The first kappa shape index (κ1) is 19.8. The summed E-state index contributed by atoms with van der Waals surface area (Å²) in [6.45, 7) is 3.60. The van der Waals surface area contributed by atoms with Gasteiger partial charge in [-0.3, -0.25) is 4.79 Å². The number of para-hydroxylation sites is 1. The fourth-order valence-corrected chi connectivity index (χ4v) is 2.40. The van der Waals surface area contributed by atoms with Gasteiger partial charge in [0.2, 0.25) is 5.91 Å². The summed E-state index contributed by atoms with van der Waals surface area (Å²) in [5.74, 6) is -0.537. The SMILES string of the molecule is CC(C)[C@@H](NC(N)=O)C(=O)Nc1cccc(NC(=O)Nc2ccccc2)c1. The zero-order chi connectivity index (χ0) is 19.8. The lowest BCUT2D eigenvalue weighted by Gasteiger charge is -2.20. The van der Waals surface area contributed by atoms with Crippen LogP contribution in [0.5, 0.6) is 0 Å². The van der Waals surface area contributed by atoms with Crippen molar-refractivity contribution in [3.63, 3.8) is 0 Å². The van der Waals surface area contributed by atoms with Crippen LogP contribution in [0.25, 0.3) is 0 Å². The predicted octanol–water partition coefficient (Wildman–Crippen LogP) is 2.96. The van der Waals surface area contributed by atoms with Gasteiger partial charge in [-0.2, -0.15) is 0 Å². The molecule has 0 spiro atoms. The van der Waals surface area contributed by atoms with E-state index in [-0.39, 0.29) is 5.92 Å². The number of urea groups is 2. The van der Waals surface area contributed by atoms with Crippen LogP contribution in [-0.4, -0.2) is 24.0 Å². The molecule has 0 aliphatic heterocycles. The van der Waals surface area contributed by atoms with E-state index in [2.05, 4.69) is 21.3 Å². The summed E-state index contributed by atoms with van der Waals surface area (Å²) in [6, 6.07) is 13.8. The summed E-state index contributed by atoms with van der Waals surface area (Å²) in [7, 11) is 0. The Kier molecular flexibility index (Phi) is 6.76. The van der Waals surface area contributed by atoms with Crippen molar-refractivity contribution < 1.29 is 14.4 Å². The minimum absolute atomic E-state index is 0.143. The monoisotopic (exact) mass is 369 g/mol. The maximum atomic E-state index is 12.4. The second-order valence-electron chi connectivity index (χ2n) is 6.25. The molecule has 0 unspecified atom stereocenters. The highest BCUT2D eigenvalue weighted by atomic mass is 16.2. The lowest BCUT2D eigenvalue weighted by Crippen LogP contribution is -2.49. The van der Waals surface area contributed by atoms with E-state index in [4.69, 9.17) is 5.73 Å². The lowest BCUT2D eigenvalue weighted by molar-refractivity contribution is -0.118. The molecular weight excluding hydrogens is 346 g/mol. The number of rotatable bonds is 6. The fourth-order valence-electron chi connectivity index (χ4n) is 2.40. The molecule has 0 saturated carbocycles. The first-order valence-electron chi connectivity index (χ1n) is 8.45. The summed E-state index contributed by atoms with van der Waals surface area (Å²) in [5, 5.41) is 10.5. The average molecular weight is 369 g/mol. The third kappa shape index (κ3) is 6.35. The Hall–Kier alpha value is -3.55. The zero-order valence-electron chi connectivity index (χ0n) is 15.2. The van der Waals surface area contributed by atoms with Gasteiger partial charge in [0.25, 0.3) is 0 Å². The minimum atomic E-state index is -0.767. The number of hydrogen-bond donors (Lipinski definition) is 5. The van der Waals surface area contributed by atoms with E-state index in [0.717, 1.165) is 0 Å². The quantitative estimate of drug-likeness (QED) is 0.537. The second-order valence-corrected chi connectivity index (χ2v) is 6.25. The van der Waals surface area contributed by atoms with E-state index in [0.29, 0.717) is 17.1 Å². The number of hydrogen-bond acceptors (Lipinski definition) is 3. The number of nitrogens with one attached hydrogen (secondary N) is 4. The first-order chi connectivity index (χ1) is 12.8. The van der Waals surface area contributed by atoms with E-state index >= 15 is 0 Å². The van der Waals surface area contributed by atoms with Crippen molar-refractivity contribution in [3.8, 4) is 0 Å². The summed E-state index contributed by atoms with van der Waals surface area (Å²) in [5.41, 5.74) is 6.77. The fraction of sp³-hybridized carbons (Fsp3) is 0.211. The van der Waals surface area contributed by atoms with Crippen LogP contribution in [0.1, 0.15) is 13.8 Å². The molecule has 6 N–H and O–H groups in total. The van der Waals surface area contributed by atoms with Crippen molar-refractivity contribution >= 4 is 35.0 Å². The lowest BCUT2D eigenvalue weighted by atomic mass is 10.0. The molecule has 0 aromatic heterocycles. The maximum absolute atomic E-state index is 12.4. The van der Waals surface area contributed by atoms with Crippen LogP contribution >= 0.6 is 0 Å². The van der Waals surface area contributed by atoms with Crippen LogP contribution in [-0.2, 0) is 4.79 Å². The van der Waals surface area contributed by atoms with Crippen molar-refractivity contribution in [3.05, 3.63) is 54.6 Å². The van der Waals surface area contributed by atoms with Gasteiger partial charge in [0.1, 0.15) is 6.04 Å². The number of primary amides is 1. The van der Waals surface area contributed by atoms with Crippen LogP contribution in [0.15, 0.2) is 54.6 Å². The van der Waals surface area contributed by atoms with E-state index in [1.54, 1.807) is 50.2 Å². The number of anilines is 3. The number of benzene rings is 2. The van der Waals surface area contributed by atoms with Gasteiger partial charge in [0.15, 0.2) is 0 Å². The molecule has 2 aromatic rings. The Balaban J connectivity index is 2.00. The van der Waals surface area contributed by atoms with Gasteiger partial charge in [-0.25, -0.2) is 9.59 Å². The van der Waals surface area contributed by atoms with Gasteiger partial charge in [0.05, 0.1) is 0 Å². The zero-order valence-corrected chi connectivity index (χ0v) is 15.2. The Morgan fingerprint density at radius 2 is 1.37 bits per heavy atom. The average Bonchev–Trinajstić information content (AvgIpc) is 2.60. The van der Waals surface area contributed by atoms with Crippen molar-refractivity contribution in [2.24, 2.45) is 11.7 Å². The first-order valence-corrected chi connectivity index (χ1v) is 8.45. The third-order valence-electron chi connectivity index (χ3n) is 3.67. The van der Waals surface area contributed by atoms with Crippen LogP contribution in [0, 0.1) is 5.92 Å². The van der Waals surface area contributed by atoms with Crippen molar-refractivity contribution in [1.82, 2.24) is 5.32 Å². The maximum Gasteiger partial charge on any atom is 0.323 e. The van der Waals surface area contributed by atoms with E-state index < -0.39 is 24.0 Å². The van der Waals surface area contributed by atoms with Crippen LogP contribution in [0.3, 0.4) is 0 Å². The molecule has 8 nitrogen and oxygen atoms in total. The third-order valence-corrected chi connectivity index (χ3v) is 3.67. The highest BCUT2D eigenvalue weighted by Crippen LogP contribution is 2.17. The molecule has 0 fully saturated rings. The number of amides is 5. The highest BCUT2D eigenvalue weighted by molar-refractivity contribution is 6.01. The topological polar surface area (TPSA) is 125 Å². The Labute approximate surface area is 157 Å². The Bertz CT molecular complexity index is 808. The molecular formula is C19H23N5O3. The number of carbonyl (C=O) groups excluding carboxylic acids is 3. The molecule has 8 heteroatoms. The molecule has 5 amide bonds. The van der Waals surface area contributed by atoms with Gasteiger partial charge < -0.3 is 27.0 Å². The minimum Gasteiger partial charge on any atom is -0.352 e. The Morgan fingerprint density at radius 3 is 1.96 bits per heavy atom. The normalized spacial score (nSPS) is 11.4. The highest BCUT2D eigenvalue weighted by Gasteiger charge is 2.23. The molecule has 27 heavy (non-hydrogen) atoms. The molecule has 142 valence electrons. The van der Waals surface area contributed by atoms with Crippen LogP contribution in [0.2, 0.25) is 0 Å². The van der Waals surface area contributed by atoms with Crippen LogP contribution < -0.4 is 27.0 Å². The molecule has 0 bridgehead atoms. The van der Waals surface area contributed by atoms with Gasteiger partial charge in [-0.15, -0.1) is 0 Å². The van der Waals surface area contributed by atoms with Crippen molar-refractivity contribution in [2.75, 3.05) is 16.0 Å². The summed E-state index contributed by atoms with van der Waals surface area (Å²) in [4.78, 5) is 35.5. The molecule has 0 aliphatic rings. The molecule has 0 heterocycles. The molecule has 0 radical (unpaired) electrons. The summed E-state index contributed by atoms with van der Waals surface area (Å²) < 4.78 is 0. The second kappa shape index (κ2) is 9.23. The smallest absolute Gasteiger partial charge is 0.323 e. The molecule has 0 saturated heterocycles. The van der Waals surface area contributed by atoms with Gasteiger partial charge in [-0.1, -0.05) is 38.1 Å². The van der Waals surface area contributed by atoms with Gasteiger partial charge in [0, 0.05) is 17.1 Å². The van der Waals surface area contributed by atoms with Crippen molar-refractivity contribution in [2.45, 2.75) is 19.9 Å². The molecule has 2 rings (SSSR count). The summed E-state index contributed by atoms with van der Waals surface area (Å²) >= 11 is 0. The van der Waals surface area contributed by atoms with Gasteiger partial charge >= 0.3 is 12.1 Å². The van der Waals surface area contributed by atoms with Gasteiger partial charge in [-0.05, 0) is 36.2 Å². The summed E-state index contributed by atoms with van der Waals surface area (Å²) in [6.07, 6.45) is 0. The molecule has 1 atom stereocenters. The molecule has 0 aliphatic carbocycles. The standard InChI is InChI=1S/C19H23N5O3/c1-12(2)16(24-18(20)26)17(25)21-14-9-6-10-15(11-14)23-19(27)22-13-7-4-3-5-8-13/h3-12,16H,1-2H3,(H,21,25)(H3,20,24,26)(H2,22,23,27)/t16-/m1/s1. The van der Waals surface area contributed by atoms with E-state index in [9.17, 15) is 14.4 Å². The van der Waals surface area contributed by atoms with E-state index in [1.807, 2.05) is 18.2 Å². The largest absolute Gasteiger partial charge is 0.352 e. The Morgan fingerprint density at radius 1 is 0.815 bits per heavy atom. The van der Waals surface area contributed by atoms with Crippen molar-refractivity contribution in [1.29, 1.82) is 0 Å².